The maximum absolute atomic E-state index is 12.3. The van der Waals surface area contributed by atoms with Crippen LogP contribution in [-0.4, -0.2) is 5.60 Å². The van der Waals surface area contributed by atoms with Gasteiger partial charge >= 0.3 is 0 Å². The van der Waals surface area contributed by atoms with E-state index in [1.54, 1.807) is 42.5 Å². The molecule has 3 aromatic rings. The zero-order valence-corrected chi connectivity index (χ0v) is 16.4. The Morgan fingerprint density at radius 3 is 2.34 bits per heavy atom. The van der Waals surface area contributed by atoms with Crippen LogP contribution in [0.5, 0.6) is 11.5 Å². The van der Waals surface area contributed by atoms with Crippen molar-refractivity contribution in [2.75, 3.05) is 0 Å². The van der Waals surface area contributed by atoms with E-state index in [1.165, 1.54) is 6.20 Å². The van der Waals surface area contributed by atoms with Gasteiger partial charge in [-0.25, -0.2) is 0 Å². The Balaban J connectivity index is 1.63. The highest BCUT2D eigenvalue weighted by Crippen LogP contribution is 2.21. The summed E-state index contributed by atoms with van der Waals surface area (Å²) in [5, 5.41) is 21.2. The van der Waals surface area contributed by atoms with Crippen molar-refractivity contribution in [1.29, 1.82) is 5.26 Å². The molecule has 146 valence electrons. The molecule has 0 unspecified atom stereocenters. The highest BCUT2D eigenvalue weighted by Gasteiger charge is 2.17. The summed E-state index contributed by atoms with van der Waals surface area (Å²) < 4.78 is 12.4. The number of nitrogens with zero attached hydrogens (tertiary/aromatic N) is 2. The molecule has 1 aromatic heterocycles. The third-order valence-corrected chi connectivity index (χ3v) is 4.19. The molecule has 0 saturated carbocycles. The summed E-state index contributed by atoms with van der Waals surface area (Å²) >= 11 is 0. The summed E-state index contributed by atoms with van der Waals surface area (Å²) in [5.41, 5.74) is 1.46. The summed E-state index contributed by atoms with van der Waals surface area (Å²) in [4.78, 5) is 0. The monoisotopic (exact) mass is 386 g/mol. The minimum Gasteiger partial charge on any atom is -0.618 e. The fraction of sp³-hybridized carbons (Fsp3) is 0.167. The van der Waals surface area contributed by atoms with Crippen LogP contribution < -0.4 is 14.2 Å². The molecule has 0 spiro atoms. The number of pyridine rings is 1. The van der Waals surface area contributed by atoms with E-state index in [1.807, 2.05) is 50.3 Å². The van der Waals surface area contributed by atoms with Crippen molar-refractivity contribution in [1.82, 2.24) is 0 Å². The third-order valence-electron chi connectivity index (χ3n) is 4.19. The number of hydrogen-bond acceptors (Lipinski definition) is 4. The van der Waals surface area contributed by atoms with Crippen molar-refractivity contribution >= 4 is 6.08 Å². The van der Waals surface area contributed by atoms with Gasteiger partial charge in [-0.15, -0.1) is 0 Å². The summed E-state index contributed by atoms with van der Waals surface area (Å²) in [6.07, 6.45) is 4.95. The minimum atomic E-state index is -0.635. The van der Waals surface area contributed by atoms with Crippen molar-refractivity contribution in [3.05, 3.63) is 101 Å². The number of aromatic nitrogens is 1. The Labute approximate surface area is 170 Å². The molecule has 0 aliphatic heterocycles. The van der Waals surface area contributed by atoms with Crippen LogP contribution in [0.15, 0.2) is 79.0 Å². The number of ether oxygens (including phenoxy) is 2. The van der Waals surface area contributed by atoms with Crippen molar-refractivity contribution in [3.63, 3.8) is 0 Å². The van der Waals surface area contributed by atoms with E-state index in [4.69, 9.17) is 14.7 Å². The molecule has 0 fully saturated rings. The standard InChI is InChI=1S/C24H22N2O3/c1-24(2,29-22-11-8-19(16-25)9-12-22)15-14-21-10-13-23(17-26(21)27)28-18-20-6-4-3-5-7-20/h3-15,17H,18H2,1-2H3. The Morgan fingerprint density at radius 2 is 1.69 bits per heavy atom. The number of nitriles is 1. The van der Waals surface area contributed by atoms with Crippen LogP contribution in [-0.2, 0) is 6.61 Å². The molecule has 0 atom stereocenters. The van der Waals surface area contributed by atoms with Gasteiger partial charge in [-0.2, -0.15) is 9.99 Å². The van der Waals surface area contributed by atoms with Gasteiger partial charge < -0.3 is 14.7 Å². The van der Waals surface area contributed by atoms with Crippen LogP contribution in [0.1, 0.15) is 30.7 Å². The van der Waals surface area contributed by atoms with Crippen LogP contribution in [0.4, 0.5) is 0 Å². The lowest BCUT2D eigenvalue weighted by Crippen LogP contribution is -2.30. The zero-order valence-electron chi connectivity index (χ0n) is 16.4. The van der Waals surface area contributed by atoms with Gasteiger partial charge in [-0.3, -0.25) is 0 Å². The molecule has 5 nitrogen and oxygen atoms in total. The Bertz CT molecular complexity index is 1020. The van der Waals surface area contributed by atoms with E-state index < -0.39 is 5.60 Å². The fourth-order valence-corrected chi connectivity index (χ4v) is 2.65. The van der Waals surface area contributed by atoms with E-state index >= 15 is 0 Å². The van der Waals surface area contributed by atoms with Crippen molar-refractivity contribution in [3.8, 4) is 17.6 Å². The SMILES string of the molecule is CC(C)(C=Cc1ccc(OCc2ccccc2)c[n+]1[O-])Oc1ccc(C#N)cc1. The maximum atomic E-state index is 12.3. The van der Waals surface area contributed by atoms with Crippen LogP contribution in [0.2, 0.25) is 0 Å². The maximum Gasteiger partial charge on any atom is 0.222 e. The van der Waals surface area contributed by atoms with Crippen LogP contribution in [0.3, 0.4) is 0 Å². The smallest absolute Gasteiger partial charge is 0.222 e. The van der Waals surface area contributed by atoms with Crippen molar-refractivity contribution < 1.29 is 14.2 Å². The van der Waals surface area contributed by atoms with Crippen molar-refractivity contribution in [2.24, 2.45) is 0 Å². The fourth-order valence-electron chi connectivity index (χ4n) is 2.65. The van der Waals surface area contributed by atoms with Crippen molar-refractivity contribution in [2.45, 2.75) is 26.1 Å². The van der Waals surface area contributed by atoms with E-state index in [-0.39, 0.29) is 0 Å². The van der Waals surface area contributed by atoms with Gasteiger partial charge in [-0.05, 0) is 55.8 Å². The van der Waals surface area contributed by atoms with Gasteiger partial charge in [0.25, 0.3) is 0 Å². The average Bonchev–Trinajstić information content (AvgIpc) is 2.72. The lowest BCUT2D eigenvalue weighted by Gasteiger charge is -2.22. The molecule has 0 aliphatic carbocycles. The van der Waals surface area contributed by atoms with E-state index in [9.17, 15) is 5.21 Å². The van der Waals surface area contributed by atoms with Gasteiger partial charge in [-0.1, -0.05) is 30.3 Å². The topological polar surface area (TPSA) is 69.2 Å². The Hall–Kier alpha value is -3.78. The molecular formula is C24H22N2O3. The van der Waals surface area contributed by atoms with Crippen LogP contribution in [0, 0.1) is 16.5 Å². The van der Waals surface area contributed by atoms with E-state index in [0.717, 1.165) is 10.3 Å². The second-order valence-corrected chi connectivity index (χ2v) is 7.06. The molecule has 1 heterocycles. The first-order valence-corrected chi connectivity index (χ1v) is 9.23. The van der Waals surface area contributed by atoms with Gasteiger partial charge in [0.1, 0.15) is 18.0 Å². The van der Waals surface area contributed by atoms with Gasteiger partial charge in [0.15, 0.2) is 5.75 Å². The molecule has 0 N–H and O–H groups in total. The Morgan fingerprint density at radius 1 is 1.00 bits per heavy atom. The summed E-state index contributed by atoms with van der Waals surface area (Å²) in [5.74, 6) is 1.16. The quantitative estimate of drug-likeness (QED) is 0.438. The van der Waals surface area contributed by atoms with Gasteiger partial charge in [0.05, 0.1) is 11.6 Å². The predicted octanol–water partition coefficient (Wildman–Crippen LogP) is 4.64. The highest BCUT2D eigenvalue weighted by atomic mass is 16.5. The average molecular weight is 386 g/mol. The molecular weight excluding hydrogens is 364 g/mol. The first-order valence-electron chi connectivity index (χ1n) is 9.23. The molecule has 0 aliphatic rings. The molecule has 3 rings (SSSR count). The number of benzene rings is 2. The second kappa shape index (κ2) is 8.94. The second-order valence-electron chi connectivity index (χ2n) is 7.06. The minimum absolute atomic E-state index is 0.404. The van der Waals surface area contributed by atoms with Crippen LogP contribution in [0.25, 0.3) is 6.08 Å². The molecule has 29 heavy (non-hydrogen) atoms. The molecule has 0 radical (unpaired) electrons. The molecule has 0 amide bonds. The Kier molecular flexibility index (Phi) is 6.16. The first-order chi connectivity index (χ1) is 13.9. The summed E-state index contributed by atoms with van der Waals surface area (Å²) in [6.45, 7) is 4.20. The highest BCUT2D eigenvalue weighted by molar-refractivity contribution is 5.44. The molecule has 2 aromatic carbocycles. The predicted molar refractivity (Wildman–Crippen MR) is 111 cm³/mol. The summed E-state index contributed by atoms with van der Waals surface area (Å²) in [7, 11) is 0. The summed E-state index contributed by atoms with van der Waals surface area (Å²) in [6, 6.07) is 22.2. The first kappa shape index (κ1) is 20.0. The number of hydrogen-bond donors (Lipinski definition) is 0. The van der Waals surface area contributed by atoms with Gasteiger partial charge in [0, 0.05) is 12.1 Å². The largest absolute Gasteiger partial charge is 0.618 e. The van der Waals surface area contributed by atoms with Gasteiger partial charge in [0.2, 0.25) is 11.9 Å². The number of rotatable bonds is 7. The normalized spacial score (nSPS) is 11.2. The lowest BCUT2D eigenvalue weighted by atomic mass is 10.1. The van der Waals surface area contributed by atoms with E-state index in [0.29, 0.717) is 29.4 Å². The third kappa shape index (κ3) is 5.85. The molecule has 0 saturated heterocycles. The molecule has 5 heteroatoms. The van der Waals surface area contributed by atoms with E-state index in [2.05, 4.69) is 6.07 Å². The molecule has 0 bridgehead atoms. The zero-order chi connectivity index (χ0) is 20.7. The lowest BCUT2D eigenvalue weighted by molar-refractivity contribution is -0.607. The van der Waals surface area contributed by atoms with Crippen LogP contribution >= 0.6 is 0 Å².